The largest absolute Gasteiger partial charge is 0.412 e. The highest BCUT2D eigenvalue weighted by Crippen LogP contribution is 2.37. The zero-order valence-electron chi connectivity index (χ0n) is 19.3. The van der Waals surface area contributed by atoms with Gasteiger partial charge in [-0.25, -0.2) is 0 Å². The number of nitrogens with zero attached hydrogens (tertiary/aromatic N) is 4. The first-order valence-corrected chi connectivity index (χ1v) is 10.9. The van der Waals surface area contributed by atoms with E-state index in [0.29, 0.717) is 0 Å². The third-order valence-corrected chi connectivity index (χ3v) is 6.41. The van der Waals surface area contributed by atoms with Crippen molar-refractivity contribution < 1.29 is 16.4 Å². The Labute approximate surface area is 195 Å². The van der Waals surface area contributed by atoms with Crippen molar-refractivity contribution in [3.8, 4) is 0 Å². The Morgan fingerprint density at radius 3 is 1.36 bits per heavy atom. The molecular formula is C26H34N4O3. The first-order valence-electron chi connectivity index (χ1n) is 10.9. The van der Waals surface area contributed by atoms with Crippen molar-refractivity contribution in [2.75, 3.05) is 27.2 Å². The summed E-state index contributed by atoms with van der Waals surface area (Å²) in [6.07, 6.45) is 8.94. The maximum absolute atomic E-state index is 4.45. The van der Waals surface area contributed by atoms with Crippen LogP contribution < -0.4 is 0 Å². The quantitative estimate of drug-likeness (QED) is 0.611. The maximum Gasteiger partial charge on any atom is 0.0709 e. The van der Waals surface area contributed by atoms with Crippen LogP contribution in [-0.4, -0.2) is 65.8 Å². The van der Waals surface area contributed by atoms with Gasteiger partial charge in [0.1, 0.15) is 0 Å². The second-order valence-electron chi connectivity index (χ2n) is 8.32. The van der Waals surface area contributed by atoms with Crippen LogP contribution in [-0.2, 0) is 0 Å². The molecule has 0 saturated carbocycles. The number of rotatable bonds is 0. The minimum atomic E-state index is 0. The highest BCUT2D eigenvalue weighted by atomic mass is 16.0. The first-order chi connectivity index (χ1) is 14.7. The molecule has 2 aromatic carbocycles. The van der Waals surface area contributed by atoms with Gasteiger partial charge in [-0.2, -0.15) is 0 Å². The minimum absolute atomic E-state index is 0. The average Bonchev–Trinajstić information content (AvgIpc) is 3.54. The lowest BCUT2D eigenvalue weighted by atomic mass is 10.0. The van der Waals surface area contributed by atoms with E-state index in [-0.39, 0.29) is 16.4 Å². The van der Waals surface area contributed by atoms with Crippen molar-refractivity contribution in [3.63, 3.8) is 0 Å². The van der Waals surface area contributed by atoms with Crippen LogP contribution in [0.15, 0.2) is 69.9 Å². The molecule has 0 aromatic heterocycles. The number of benzene rings is 2. The number of para-hydroxylation sites is 2. The van der Waals surface area contributed by atoms with Gasteiger partial charge in [-0.05, 0) is 37.8 Å². The molecule has 6 N–H and O–H groups in total. The fourth-order valence-corrected chi connectivity index (χ4v) is 4.79. The smallest absolute Gasteiger partial charge is 0.0709 e. The predicted molar refractivity (Wildman–Crippen MR) is 138 cm³/mol. The van der Waals surface area contributed by atoms with E-state index >= 15 is 0 Å². The molecule has 0 atom stereocenters. The van der Waals surface area contributed by atoms with Gasteiger partial charge in [-0.3, -0.25) is 9.98 Å². The van der Waals surface area contributed by atoms with Gasteiger partial charge in [-0.1, -0.05) is 36.4 Å². The Kier molecular flexibility index (Phi) is 8.70. The number of likely N-dealkylation sites (tertiary alicyclic amines) is 2. The Hall–Kier alpha value is -3.26. The van der Waals surface area contributed by atoms with Crippen molar-refractivity contribution in [3.05, 3.63) is 71.1 Å². The van der Waals surface area contributed by atoms with E-state index in [0.717, 1.165) is 11.4 Å². The third kappa shape index (κ3) is 4.90. The number of fused-ring (bicyclic) bond motifs is 2. The molecule has 2 saturated heterocycles. The topological polar surface area (TPSA) is 126 Å². The molecule has 4 heterocycles. The zero-order valence-corrected chi connectivity index (χ0v) is 19.3. The number of allylic oxidation sites excluding steroid dienone is 4. The highest BCUT2D eigenvalue weighted by Gasteiger charge is 2.22. The number of hydrogen-bond acceptors (Lipinski definition) is 4. The van der Waals surface area contributed by atoms with Crippen molar-refractivity contribution in [1.82, 2.24) is 9.80 Å². The van der Waals surface area contributed by atoms with Crippen LogP contribution in [0, 0.1) is 0 Å². The lowest BCUT2D eigenvalue weighted by Crippen LogP contribution is -2.11. The van der Waals surface area contributed by atoms with Crippen LogP contribution in [0.4, 0.5) is 11.4 Å². The third-order valence-electron chi connectivity index (χ3n) is 6.41. The molecule has 0 amide bonds. The lowest BCUT2D eigenvalue weighted by molar-refractivity contribution is 0.484. The summed E-state index contributed by atoms with van der Waals surface area (Å²) in [6.45, 7) is 2.35. The van der Waals surface area contributed by atoms with Gasteiger partial charge in [0, 0.05) is 73.3 Å². The molecule has 0 spiro atoms. The summed E-state index contributed by atoms with van der Waals surface area (Å²) in [5.41, 5.74) is 10.4. The standard InChI is InChI=1S/2C13H14N2.3H2O/c2*1-15-8-4-7-13(15)11-9-14-12-6-3-2-5-10(11)12;;;/h2*2-3,5-6,9H,4,7-8H2,1H3;3*1H2/b2*13-11+;;;. The lowest BCUT2D eigenvalue weighted by Gasteiger charge is -2.15. The molecule has 6 rings (SSSR count). The summed E-state index contributed by atoms with van der Waals surface area (Å²) in [5.74, 6) is 0. The summed E-state index contributed by atoms with van der Waals surface area (Å²) >= 11 is 0. The fourth-order valence-electron chi connectivity index (χ4n) is 4.79. The molecule has 0 radical (unpaired) electrons. The van der Waals surface area contributed by atoms with Crippen molar-refractivity contribution >= 4 is 35.0 Å². The van der Waals surface area contributed by atoms with Gasteiger partial charge in [-0.15, -0.1) is 0 Å². The molecule has 0 unspecified atom stereocenters. The maximum atomic E-state index is 4.45. The van der Waals surface area contributed by atoms with E-state index in [4.69, 9.17) is 0 Å². The molecule has 4 aliphatic rings. The molecule has 33 heavy (non-hydrogen) atoms. The van der Waals surface area contributed by atoms with E-state index < -0.39 is 0 Å². The molecule has 7 heteroatoms. The van der Waals surface area contributed by atoms with Gasteiger partial charge in [0.05, 0.1) is 11.4 Å². The summed E-state index contributed by atoms with van der Waals surface area (Å²) in [4.78, 5) is 13.6. The van der Waals surface area contributed by atoms with E-state index in [1.165, 1.54) is 72.4 Å². The fraction of sp³-hybridized carbons (Fsp3) is 0.308. The Balaban J connectivity index is 0.000000214. The van der Waals surface area contributed by atoms with E-state index in [9.17, 15) is 0 Å². The van der Waals surface area contributed by atoms with E-state index in [2.05, 4.69) is 70.3 Å². The summed E-state index contributed by atoms with van der Waals surface area (Å²) in [5, 5.41) is 0. The van der Waals surface area contributed by atoms with Crippen LogP contribution in [0.1, 0.15) is 36.8 Å². The van der Waals surface area contributed by atoms with E-state index in [1.54, 1.807) is 0 Å². The van der Waals surface area contributed by atoms with Gasteiger partial charge in [0.2, 0.25) is 0 Å². The van der Waals surface area contributed by atoms with Crippen LogP contribution >= 0.6 is 0 Å². The van der Waals surface area contributed by atoms with Crippen molar-refractivity contribution in [2.45, 2.75) is 25.7 Å². The molecule has 2 aromatic rings. The van der Waals surface area contributed by atoms with Gasteiger partial charge < -0.3 is 26.2 Å². The van der Waals surface area contributed by atoms with Gasteiger partial charge in [0.25, 0.3) is 0 Å². The Bertz CT molecular complexity index is 1020. The van der Waals surface area contributed by atoms with Crippen LogP contribution in [0.2, 0.25) is 0 Å². The molecule has 2 fully saturated rings. The van der Waals surface area contributed by atoms with Gasteiger partial charge in [0.15, 0.2) is 0 Å². The zero-order chi connectivity index (χ0) is 20.5. The number of aliphatic imine (C=N–C) groups is 2. The predicted octanol–water partition coefficient (Wildman–Crippen LogP) is 3.20. The average molecular weight is 451 g/mol. The minimum Gasteiger partial charge on any atom is -0.412 e. The summed E-state index contributed by atoms with van der Waals surface area (Å²) < 4.78 is 0. The second-order valence-corrected chi connectivity index (χ2v) is 8.32. The first kappa shape index (κ1) is 26.0. The van der Waals surface area contributed by atoms with Gasteiger partial charge >= 0.3 is 0 Å². The Morgan fingerprint density at radius 2 is 1.00 bits per heavy atom. The Morgan fingerprint density at radius 1 is 0.606 bits per heavy atom. The highest BCUT2D eigenvalue weighted by molar-refractivity contribution is 6.18. The van der Waals surface area contributed by atoms with Crippen LogP contribution in [0.5, 0.6) is 0 Å². The molecule has 7 nitrogen and oxygen atoms in total. The summed E-state index contributed by atoms with van der Waals surface area (Å²) in [6, 6.07) is 16.7. The molecule has 0 aliphatic carbocycles. The summed E-state index contributed by atoms with van der Waals surface area (Å²) in [7, 11) is 4.34. The molecular weight excluding hydrogens is 416 g/mol. The number of hydrogen-bond donors (Lipinski definition) is 0. The van der Waals surface area contributed by atoms with Crippen molar-refractivity contribution in [2.24, 2.45) is 9.98 Å². The molecule has 4 aliphatic heterocycles. The normalized spacial score (nSPS) is 21.5. The second kappa shape index (κ2) is 11.0. The molecule has 0 bridgehead atoms. The van der Waals surface area contributed by atoms with Crippen LogP contribution in [0.3, 0.4) is 0 Å². The molecule has 176 valence electrons. The monoisotopic (exact) mass is 450 g/mol. The SMILES string of the molecule is CN1CCC/C1=C1/C=Nc2ccccc21.CN1CCC/C1=C1/C=Nc2ccccc21.O.O.O. The van der Waals surface area contributed by atoms with E-state index in [1.807, 2.05) is 24.6 Å². The van der Waals surface area contributed by atoms with Crippen LogP contribution in [0.25, 0.3) is 11.1 Å². The van der Waals surface area contributed by atoms with Crippen molar-refractivity contribution in [1.29, 1.82) is 0 Å².